The summed E-state index contributed by atoms with van der Waals surface area (Å²) >= 11 is 0. The molecule has 9 nitrogen and oxygen atoms in total. The summed E-state index contributed by atoms with van der Waals surface area (Å²) in [5.41, 5.74) is 2.89. The van der Waals surface area contributed by atoms with Crippen molar-refractivity contribution < 1.29 is 24.2 Å². The summed E-state index contributed by atoms with van der Waals surface area (Å²) < 4.78 is 13.1. The van der Waals surface area contributed by atoms with Gasteiger partial charge in [0, 0.05) is 18.5 Å². The number of carbonyl (C=O) groups is 2. The monoisotopic (exact) mass is 514 g/mol. The highest BCUT2D eigenvalue weighted by molar-refractivity contribution is 5.94. The largest absolute Gasteiger partial charge is 0.486 e. The topological polar surface area (TPSA) is 107 Å². The van der Waals surface area contributed by atoms with Crippen molar-refractivity contribution in [2.45, 2.75) is 32.9 Å². The number of allylic oxidation sites excluding steroid dienone is 8. The zero-order chi connectivity index (χ0) is 27.2. The quantitative estimate of drug-likeness (QED) is 0.521. The Morgan fingerprint density at radius 1 is 1.13 bits per heavy atom. The summed E-state index contributed by atoms with van der Waals surface area (Å²) in [6.45, 7) is 12.2. The molecule has 0 saturated carbocycles. The lowest BCUT2D eigenvalue weighted by Crippen LogP contribution is -2.49. The molecule has 1 amide bonds. The molecule has 0 saturated heterocycles. The van der Waals surface area contributed by atoms with Gasteiger partial charge in [-0.2, -0.15) is 0 Å². The van der Waals surface area contributed by atoms with Crippen LogP contribution in [0.1, 0.15) is 41.4 Å². The van der Waals surface area contributed by atoms with Gasteiger partial charge in [-0.15, -0.1) is 5.10 Å². The average molecular weight is 515 g/mol. The fourth-order valence-corrected chi connectivity index (χ4v) is 4.41. The minimum atomic E-state index is -1.09. The number of fused-ring (bicyclic) bond motifs is 1. The van der Waals surface area contributed by atoms with Crippen molar-refractivity contribution in [1.29, 1.82) is 0 Å². The van der Waals surface area contributed by atoms with Gasteiger partial charge in [-0.1, -0.05) is 67.8 Å². The maximum Gasteiger partial charge on any atom is 0.326 e. The first-order valence-corrected chi connectivity index (χ1v) is 12.3. The number of ether oxygens (including phenoxy) is 2. The third-order valence-corrected chi connectivity index (χ3v) is 6.27. The van der Waals surface area contributed by atoms with Crippen LogP contribution in [0.2, 0.25) is 0 Å². The van der Waals surface area contributed by atoms with Crippen molar-refractivity contribution in [3.63, 3.8) is 0 Å². The highest BCUT2D eigenvalue weighted by atomic mass is 16.6. The van der Waals surface area contributed by atoms with Crippen molar-refractivity contribution in [3.8, 4) is 0 Å². The second kappa shape index (κ2) is 11.6. The zero-order valence-corrected chi connectivity index (χ0v) is 21.5. The molecule has 0 unspecified atom stereocenters. The Balaban J connectivity index is 1.84. The molecule has 4 rings (SSSR count). The predicted molar refractivity (Wildman–Crippen MR) is 144 cm³/mol. The number of amides is 1. The van der Waals surface area contributed by atoms with Crippen LogP contribution in [-0.4, -0.2) is 55.9 Å². The summed E-state index contributed by atoms with van der Waals surface area (Å²) in [4.78, 5) is 31.8. The maximum atomic E-state index is 13.8. The number of hydrogen-bond acceptors (Lipinski definition) is 6. The van der Waals surface area contributed by atoms with Crippen LogP contribution in [0.3, 0.4) is 0 Å². The summed E-state index contributed by atoms with van der Waals surface area (Å²) in [6.07, 6.45) is 10.6. The molecular formula is C29H30N4O5. The van der Waals surface area contributed by atoms with Gasteiger partial charge in [-0.25, -0.2) is 14.5 Å². The summed E-state index contributed by atoms with van der Waals surface area (Å²) in [5, 5.41) is 14.5. The van der Waals surface area contributed by atoms with Gasteiger partial charge >= 0.3 is 5.97 Å². The average Bonchev–Trinajstić information content (AvgIpc) is 3.37. The smallest absolute Gasteiger partial charge is 0.326 e. The zero-order valence-electron chi connectivity index (χ0n) is 21.5. The molecule has 0 fully saturated rings. The van der Waals surface area contributed by atoms with Crippen LogP contribution >= 0.6 is 0 Å². The summed E-state index contributed by atoms with van der Waals surface area (Å²) in [5.74, 6) is -0.636. The van der Waals surface area contributed by atoms with Crippen molar-refractivity contribution in [2.24, 2.45) is 0 Å². The molecular weight excluding hydrogens is 484 g/mol. The Morgan fingerprint density at radius 3 is 2.53 bits per heavy atom. The van der Waals surface area contributed by atoms with Crippen LogP contribution in [0.15, 0.2) is 85.4 Å². The van der Waals surface area contributed by atoms with E-state index in [2.05, 4.69) is 23.2 Å². The fraction of sp³-hybridized carbons (Fsp3) is 0.241. The molecule has 1 atom stereocenters. The van der Waals surface area contributed by atoms with Gasteiger partial charge in [0.05, 0.1) is 0 Å². The van der Waals surface area contributed by atoms with Gasteiger partial charge in [0.2, 0.25) is 5.82 Å². The van der Waals surface area contributed by atoms with Crippen LogP contribution in [0.5, 0.6) is 0 Å². The second-order valence-electron chi connectivity index (χ2n) is 8.55. The van der Waals surface area contributed by atoms with Crippen LogP contribution in [0.25, 0.3) is 11.3 Å². The van der Waals surface area contributed by atoms with Gasteiger partial charge in [0.15, 0.2) is 17.3 Å². The highest BCUT2D eigenvalue weighted by Crippen LogP contribution is 2.30. The van der Waals surface area contributed by atoms with E-state index in [9.17, 15) is 14.7 Å². The number of aromatic nitrogens is 3. The third-order valence-electron chi connectivity index (χ3n) is 6.27. The van der Waals surface area contributed by atoms with E-state index in [0.29, 0.717) is 41.8 Å². The molecule has 1 aromatic carbocycles. The van der Waals surface area contributed by atoms with Gasteiger partial charge in [0.1, 0.15) is 25.0 Å². The molecule has 2 aliphatic heterocycles. The van der Waals surface area contributed by atoms with Gasteiger partial charge in [-0.05, 0) is 31.1 Å². The molecule has 0 spiro atoms. The van der Waals surface area contributed by atoms with Crippen LogP contribution < -0.4 is 0 Å². The number of hydrogen-bond donors (Lipinski definition) is 1. The van der Waals surface area contributed by atoms with E-state index in [4.69, 9.17) is 9.47 Å². The van der Waals surface area contributed by atoms with Crippen molar-refractivity contribution in [3.05, 3.63) is 108 Å². The Kier molecular flexibility index (Phi) is 8.06. The molecule has 1 aromatic heterocycles. The van der Waals surface area contributed by atoms with Crippen LogP contribution in [0, 0.1) is 0 Å². The lowest BCUT2D eigenvalue weighted by molar-refractivity contribution is -0.142. The fourth-order valence-electron chi connectivity index (χ4n) is 4.41. The highest BCUT2D eigenvalue weighted by Gasteiger charge is 2.37. The maximum absolute atomic E-state index is 13.8. The van der Waals surface area contributed by atoms with E-state index in [0.717, 1.165) is 11.1 Å². The van der Waals surface area contributed by atoms with Crippen molar-refractivity contribution in [1.82, 2.24) is 19.7 Å². The summed E-state index contributed by atoms with van der Waals surface area (Å²) in [6, 6.07) is 6.46. The molecule has 2 aromatic rings. The van der Waals surface area contributed by atoms with Gasteiger partial charge in [0.25, 0.3) is 5.91 Å². The van der Waals surface area contributed by atoms with E-state index in [1.54, 1.807) is 31.2 Å². The first-order chi connectivity index (χ1) is 18.4. The van der Waals surface area contributed by atoms with Gasteiger partial charge in [-0.3, -0.25) is 4.79 Å². The Hall–Kier alpha value is -4.66. The first kappa shape index (κ1) is 26.4. The Morgan fingerprint density at radius 2 is 1.87 bits per heavy atom. The van der Waals surface area contributed by atoms with E-state index in [1.807, 2.05) is 43.3 Å². The summed E-state index contributed by atoms with van der Waals surface area (Å²) in [7, 11) is 0. The molecule has 9 heteroatoms. The second-order valence-corrected chi connectivity index (χ2v) is 8.55. The molecule has 3 heterocycles. The van der Waals surface area contributed by atoms with Crippen LogP contribution in [0.4, 0.5) is 0 Å². The number of nitrogens with zero attached hydrogens (tertiary/aromatic N) is 4. The molecule has 196 valence electrons. The molecule has 2 aliphatic rings. The Bertz CT molecular complexity index is 1400. The standard InChI is InChI=1S/C29H30N4O5/c1-5-9-12-19(6-2)27-30-26(31-33(27)22(7-3)25-24(8-4)37-15-16-38-25)28(34)32-18-21-14-11-10-13-20(21)17-23(32)29(35)36/h5-14,23H,2,4,15-18H2,1,3H3,(H,35,36)/b9-5-,19-12+,22-7+/t23-/m0/s1. The number of carboxylic acids is 1. The molecule has 38 heavy (non-hydrogen) atoms. The number of rotatable bonds is 8. The van der Waals surface area contributed by atoms with E-state index >= 15 is 0 Å². The van der Waals surface area contributed by atoms with Crippen LogP contribution in [-0.2, 0) is 27.2 Å². The lowest BCUT2D eigenvalue weighted by atomic mass is 9.94. The molecule has 1 N–H and O–H groups in total. The van der Waals surface area contributed by atoms with Gasteiger partial charge < -0.3 is 19.5 Å². The van der Waals surface area contributed by atoms with E-state index < -0.39 is 17.9 Å². The third kappa shape index (κ3) is 5.08. The number of aliphatic carboxylic acids is 1. The number of carboxylic acid groups (broad SMARTS) is 1. The van der Waals surface area contributed by atoms with E-state index in [-0.39, 0.29) is 18.8 Å². The minimum Gasteiger partial charge on any atom is -0.486 e. The van der Waals surface area contributed by atoms with E-state index in [1.165, 1.54) is 9.58 Å². The normalized spacial score (nSPS) is 18.1. The van der Waals surface area contributed by atoms with Crippen molar-refractivity contribution >= 4 is 23.1 Å². The van der Waals surface area contributed by atoms with Crippen molar-refractivity contribution in [2.75, 3.05) is 13.2 Å². The number of carbonyl (C=O) groups excluding carboxylic acids is 1. The molecule has 0 aliphatic carbocycles. The Labute approximate surface area is 221 Å². The predicted octanol–water partition coefficient (Wildman–Crippen LogP) is 4.38. The first-order valence-electron chi connectivity index (χ1n) is 12.3. The molecule has 0 radical (unpaired) electrons. The SMILES string of the molecule is C=CC1=C(/C(=C\C)n2nc(C(=O)N3Cc4ccccc4C[C@H]3C(=O)O)nc2/C(C=C)=C/C=C\C)OCCO1. The minimum absolute atomic E-state index is 0.137. The molecule has 0 bridgehead atoms. The number of benzene rings is 1. The lowest BCUT2D eigenvalue weighted by Gasteiger charge is -2.33.